The molecule has 1 aliphatic rings. The first-order valence-electron chi connectivity index (χ1n) is 7.99. The minimum Gasteiger partial charge on any atom is -0.495 e. The number of hydrogen-bond donors (Lipinski definition) is 0. The predicted molar refractivity (Wildman–Crippen MR) is 89.0 cm³/mol. The van der Waals surface area contributed by atoms with E-state index in [1.165, 1.54) is 7.11 Å². The molecule has 2 rings (SSSR count). The van der Waals surface area contributed by atoms with Crippen LogP contribution in [0.5, 0.6) is 5.75 Å². The van der Waals surface area contributed by atoms with Crippen molar-refractivity contribution in [2.75, 3.05) is 13.7 Å². The highest BCUT2D eigenvalue weighted by Gasteiger charge is 2.33. The van der Waals surface area contributed by atoms with Crippen LogP contribution in [0.3, 0.4) is 0 Å². The maximum atomic E-state index is 13.1. The molecule has 0 N–H and O–H groups in total. The summed E-state index contributed by atoms with van der Waals surface area (Å²) in [5, 5.41) is 0. The Bertz CT molecular complexity index is 638. The van der Waals surface area contributed by atoms with Crippen LogP contribution < -0.4 is 4.74 Å². The smallest absolute Gasteiger partial charge is 0.247 e. The molecule has 0 aromatic heterocycles. The topological polar surface area (TPSA) is 46.6 Å². The van der Waals surface area contributed by atoms with Gasteiger partial charge in [-0.2, -0.15) is 4.31 Å². The minimum atomic E-state index is -3.52. The second-order valence-corrected chi connectivity index (χ2v) is 8.33. The summed E-state index contributed by atoms with van der Waals surface area (Å²) in [6, 6.07) is 3.69. The fourth-order valence-corrected chi connectivity index (χ4v) is 5.09. The Morgan fingerprint density at radius 2 is 1.95 bits per heavy atom. The molecule has 1 aromatic rings. The molecule has 1 fully saturated rings. The zero-order valence-electron chi connectivity index (χ0n) is 14.2. The van der Waals surface area contributed by atoms with Gasteiger partial charge in [0, 0.05) is 12.6 Å². The highest BCUT2D eigenvalue weighted by molar-refractivity contribution is 7.89. The molecular formula is C17H27NO3S. The van der Waals surface area contributed by atoms with Crippen molar-refractivity contribution >= 4 is 10.0 Å². The Morgan fingerprint density at radius 3 is 2.50 bits per heavy atom. The third-order valence-electron chi connectivity index (χ3n) is 4.50. The highest BCUT2D eigenvalue weighted by Crippen LogP contribution is 2.34. The number of sulfonamides is 1. The van der Waals surface area contributed by atoms with E-state index in [0.29, 0.717) is 17.2 Å². The van der Waals surface area contributed by atoms with E-state index in [-0.39, 0.29) is 12.0 Å². The third-order valence-corrected chi connectivity index (χ3v) is 6.54. The Hall–Kier alpha value is -1.07. The summed E-state index contributed by atoms with van der Waals surface area (Å²) < 4.78 is 33.2. The van der Waals surface area contributed by atoms with Crippen LogP contribution in [0.25, 0.3) is 0 Å². The van der Waals surface area contributed by atoms with Gasteiger partial charge in [0.05, 0.1) is 7.11 Å². The summed E-state index contributed by atoms with van der Waals surface area (Å²) >= 11 is 0. The first kappa shape index (κ1) is 17.3. The van der Waals surface area contributed by atoms with Gasteiger partial charge in [0.1, 0.15) is 10.6 Å². The summed E-state index contributed by atoms with van der Waals surface area (Å²) in [5.74, 6) is 0.721. The summed E-state index contributed by atoms with van der Waals surface area (Å²) in [7, 11) is -1.99. The lowest BCUT2D eigenvalue weighted by molar-refractivity contribution is 0.267. The fourth-order valence-electron chi connectivity index (χ4n) is 3.22. The zero-order chi connectivity index (χ0) is 16.5. The molecule has 1 aliphatic heterocycles. The van der Waals surface area contributed by atoms with Crippen molar-refractivity contribution in [3.05, 3.63) is 23.3 Å². The van der Waals surface area contributed by atoms with Crippen LogP contribution >= 0.6 is 0 Å². The molecule has 1 atom stereocenters. The maximum absolute atomic E-state index is 13.1. The summed E-state index contributed by atoms with van der Waals surface area (Å²) in [6.45, 7) is 8.74. The second kappa shape index (κ2) is 6.59. The SMILES string of the molecule is COc1cc(C)c(C(C)C)cc1S(=O)(=O)N1CCCCC1C. The molecule has 1 heterocycles. The van der Waals surface area contributed by atoms with Crippen LogP contribution in [0, 0.1) is 6.92 Å². The van der Waals surface area contributed by atoms with E-state index in [0.717, 1.165) is 30.4 Å². The third kappa shape index (κ3) is 3.15. The van der Waals surface area contributed by atoms with Gasteiger partial charge in [0.2, 0.25) is 10.0 Å². The quantitative estimate of drug-likeness (QED) is 0.848. The van der Waals surface area contributed by atoms with Gasteiger partial charge in [-0.05, 0) is 55.9 Å². The number of methoxy groups -OCH3 is 1. The van der Waals surface area contributed by atoms with Gasteiger partial charge in [-0.15, -0.1) is 0 Å². The fraction of sp³-hybridized carbons (Fsp3) is 0.647. The average Bonchev–Trinajstić information content (AvgIpc) is 2.46. The van der Waals surface area contributed by atoms with Crippen molar-refractivity contribution < 1.29 is 13.2 Å². The normalized spacial score (nSPS) is 20.4. The standard InChI is InChI=1S/C17H27NO3S/c1-12(2)15-11-17(16(21-5)10-13(15)3)22(19,20)18-9-7-6-8-14(18)4/h10-12,14H,6-9H2,1-5H3. The molecule has 5 heteroatoms. The monoisotopic (exact) mass is 325 g/mol. The number of ether oxygens (including phenoxy) is 1. The lowest BCUT2D eigenvalue weighted by Crippen LogP contribution is -2.42. The molecule has 22 heavy (non-hydrogen) atoms. The van der Waals surface area contributed by atoms with Crippen molar-refractivity contribution in [3.63, 3.8) is 0 Å². The molecule has 124 valence electrons. The second-order valence-electron chi connectivity index (χ2n) is 6.47. The van der Waals surface area contributed by atoms with Crippen molar-refractivity contribution in [3.8, 4) is 5.75 Å². The number of nitrogens with zero attached hydrogens (tertiary/aromatic N) is 1. The zero-order valence-corrected chi connectivity index (χ0v) is 15.0. The van der Waals surface area contributed by atoms with Gasteiger partial charge in [0.15, 0.2) is 0 Å². The molecule has 0 bridgehead atoms. The number of benzene rings is 1. The molecule has 1 unspecified atom stereocenters. The van der Waals surface area contributed by atoms with E-state index in [2.05, 4.69) is 13.8 Å². The van der Waals surface area contributed by atoms with E-state index in [1.807, 2.05) is 19.9 Å². The average molecular weight is 325 g/mol. The molecular weight excluding hydrogens is 298 g/mol. The largest absolute Gasteiger partial charge is 0.495 e. The van der Waals surface area contributed by atoms with E-state index in [9.17, 15) is 8.42 Å². The van der Waals surface area contributed by atoms with Crippen LogP contribution in [-0.2, 0) is 10.0 Å². The Kier molecular flexibility index (Phi) is 5.17. The van der Waals surface area contributed by atoms with Crippen LogP contribution in [-0.4, -0.2) is 32.4 Å². The lowest BCUT2D eigenvalue weighted by Gasteiger charge is -2.33. The molecule has 0 aliphatic carbocycles. The summed E-state index contributed by atoms with van der Waals surface area (Å²) in [4.78, 5) is 0.304. The molecule has 0 saturated carbocycles. The number of aryl methyl sites for hydroxylation is 1. The van der Waals surface area contributed by atoms with Crippen LogP contribution in [0.15, 0.2) is 17.0 Å². The number of piperidine rings is 1. The highest BCUT2D eigenvalue weighted by atomic mass is 32.2. The van der Waals surface area contributed by atoms with Crippen LogP contribution in [0.1, 0.15) is 57.1 Å². The van der Waals surface area contributed by atoms with E-state index < -0.39 is 10.0 Å². The van der Waals surface area contributed by atoms with Gasteiger partial charge < -0.3 is 4.74 Å². The van der Waals surface area contributed by atoms with Gasteiger partial charge in [-0.25, -0.2) is 8.42 Å². The van der Waals surface area contributed by atoms with Crippen molar-refractivity contribution in [1.29, 1.82) is 0 Å². The Morgan fingerprint density at radius 1 is 1.27 bits per heavy atom. The molecule has 1 aromatic carbocycles. The van der Waals surface area contributed by atoms with Crippen molar-refractivity contribution in [2.45, 2.75) is 63.8 Å². The van der Waals surface area contributed by atoms with Crippen molar-refractivity contribution in [1.82, 2.24) is 4.31 Å². The summed E-state index contributed by atoms with van der Waals surface area (Å²) in [5.41, 5.74) is 2.13. The van der Waals surface area contributed by atoms with E-state index in [4.69, 9.17) is 4.74 Å². The van der Waals surface area contributed by atoms with Gasteiger partial charge in [-0.1, -0.05) is 20.3 Å². The van der Waals surface area contributed by atoms with E-state index in [1.54, 1.807) is 10.4 Å². The van der Waals surface area contributed by atoms with E-state index >= 15 is 0 Å². The first-order chi connectivity index (χ1) is 10.3. The molecule has 1 saturated heterocycles. The van der Waals surface area contributed by atoms with Gasteiger partial charge >= 0.3 is 0 Å². The van der Waals surface area contributed by atoms with Crippen LogP contribution in [0.2, 0.25) is 0 Å². The minimum absolute atomic E-state index is 0.0484. The maximum Gasteiger partial charge on any atom is 0.247 e. The number of hydrogen-bond acceptors (Lipinski definition) is 3. The molecule has 0 spiro atoms. The van der Waals surface area contributed by atoms with Gasteiger partial charge in [0.25, 0.3) is 0 Å². The lowest BCUT2D eigenvalue weighted by atomic mass is 9.98. The van der Waals surface area contributed by atoms with Crippen LogP contribution in [0.4, 0.5) is 0 Å². The molecule has 4 nitrogen and oxygen atoms in total. The Labute approximate surface area is 134 Å². The van der Waals surface area contributed by atoms with Crippen molar-refractivity contribution in [2.24, 2.45) is 0 Å². The summed E-state index contributed by atoms with van der Waals surface area (Å²) in [6.07, 6.45) is 2.94. The molecule has 0 radical (unpaired) electrons. The number of rotatable bonds is 4. The van der Waals surface area contributed by atoms with Gasteiger partial charge in [-0.3, -0.25) is 0 Å². The Balaban J connectivity index is 2.56. The predicted octanol–water partition coefficient (Wildman–Crippen LogP) is 3.69. The first-order valence-corrected chi connectivity index (χ1v) is 9.43. The molecule has 0 amide bonds.